The number of nitrogens with one attached hydrogen (secondary N) is 1. The predicted octanol–water partition coefficient (Wildman–Crippen LogP) is 1.54. The highest BCUT2D eigenvalue weighted by Gasteiger charge is 2.48. The minimum Gasteiger partial charge on any atom is -0.377 e. The average molecular weight is 296 g/mol. The molecule has 1 aliphatic carbocycles. The molecule has 0 spiro atoms. The number of amides is 1. The van der Waals surface area contributed by atoms with Gasteiger partial charge < -0.3 is 19.3 Å². The molecular formula is C15H24N2O4. The molecule has 118 valence electrons. The van der Waals surface area contributed by atoms with E-state index in [9.17, 15) is 4.79 Å². The molecule has 1 amide bonds. The van der Waals surface area contributed by atoms with E-state index in [0.29, 0.717) is 12.5 Å². The van der Waals surface area contributed by atoms with Crippen LogP contribution in [0.15, 0.2) is 10.6 Å². The normalized spacial score (nSPS) is 23.6. The fraction of sp³-hybridized carbons (Fsp3) is 0.733. The summed E-state index contributed by atoms with van der Waals surface area (Å²) in [5.41, 5.74) is 0.992. The molecular weight excluding hydrogens is 272 g/mol. The van der Waals surface area contributed by atoms with Crippen molar-refractivity contribution in [3.63, 3.8) is 0 Å². The molecule has 0 aliphatic heterocycles. The summed E-state index contributed by atoms with van der Waals surface area (Å²) in [5, 5.41) is 7.10. The molecule has 1 fully saturated rings. The van der Waals surface area contributed by atoms with Crippen molar-refractivity contribution in [3.05, 3.63) is 17.5 Å². The van der Waals surface area contributed by atoms with Gasteiger partial charge in [0.15, 0.2) is 5.76 Å². The molecule has 6 heteroatoms. The van der Waals surface area contributed by atoms with E-state index >= 15 is 0 Å². The summed E-state index contributed by atoms with van der Waals surface area (Å²) < 4.78 is 15.1. The lowest BCUT2D eigenvalue weighted by Gasteiger charge is -2.52. The lowest BCUT2D eigenvalue weighted by atomic mass is 9.57. The molecule has 0 bridgehead atoms. The second kappa shape index (κ2) is 6.58. The highest BCUT2D eigenvalue weighted by Crippen LogP contribution is 2.47. The quantitative estimate of drug-likeness (QED) is 0.826. The number of aromatic nitrogens is 1. The summed E-state index contributed by atoms with van der Waals surface area (Å²) in [7, 11) is 3.15. The molecule has 0 aromatic carbocycles. The fourth-order valence-corrected chi connectivity index (χ4v) is 2.89. The smallest absolute Gasteiger partial charge is 0.246 e. The third-order valence-electron chi connectivity index (χ3n) is 4.43. The van der Waals surface area contributed by atoms with Crippen LogP contribution in [0, 0.1) is 11.3 Å². The maximum atomic E-state index is 11.6. The zero-order chi connectivity index (χ0) is 15.5. The standard InChI is InChI=1S/C15H24N2O4/c1-15(2)10(6-13(15)16-14(18)9-20-4)5-11-7-12(8-19-3)21-17-11/h7,10,13H,5-6,8-9H2,1-4H3,(H,16,18). The Hall–Kier alpha value is -1.40. The summed E-state index contributed by atoms with van der Waals surface area (Å²) in [5.74, 6) is 1.17. The second-order valence-electron chi connectivity index (χ2n) is 6.23. The van der Waals surface area contributed by atoms with Crippen LogP contribution < -0.4 is 5.32 Å². The lowest BCUT2D eigenvalue weighted by molar-refractivity contribution is -0.129. The summed E-state index contributed by atoms with van der Waals surface area (Å²) >= 11 is 0. The number of hydrogen-bond donors (Lipinski definition) is 1. The zero-order valence-electron chi connectivity index (χ0n) is 13.1. The van der Waals surface area contributed by atoms with Gasteiger partial charge in [0, 0.05) is 26.3 Å². The van der Waals surface area contributed by atoms with E-state index in [1.54, 1.807) is 7.11 Å². The Morgan fingerprint density at radius 2 is 2.24 bits per heavy atom. The predicted molar refractivity (Wildman–Crippen MR) is 76.6 cm³/mol. The Morgan fingerprint density at radius 1 is 1.48 bits per heavy atom. The zero-order valence-corrected chi connectivity index (χ0v) is 13.1. The van der Waals surface area contributed by atoms with Gasteiger partial charge in [-0.2, -0.15) is 0 Å². The minimum atomic E-state index is -0.0576. The molecule has 6 nitrogen and oxygen atoms in total. The van der Waals surface area contributed by atoms with E-state index in [1.807, 2.05) is 6.07 Å². The van der Waals surface area contributed by atoms with Crippen LogP contribution in [0.2, 0.25) is 0 Å². The number of ether oxygens (including phenoxy) is 2. The first-order valence-electron chi connectivity index (χ1n) is 7.19. The first kappa shape index (κ1) is 16.0. The third-order valence-corrected chi connectivity index (χ3v) is 4.43. The van der Waals surface area contributed by atoms with Crippen LogP contribution in [-0.2, 0) is 27.3 Å². The minimum absolute atomic E-state index is 0.0454. The molecule has 1 aromatic rings. The molecule has 0 radical (unpaired) electrons. The van der Waals surface area contributed by atoms with Gasteiger partial charge in [0.1, 0.15) is 13.2 Å². The van der Waals surface area contributed by atoms with E-state index < -0.39 is 0 Å². The second-order valence-corrected chi connectivity index (χ2v) is 6.23. The fourth-order valence-electron chi connectivity index (χ4n) is 2.89. The largest absolute Gasteiger partial charge is 0.377 e. The number of carbonyl (C=O) groups is 1. The molecule has 1 saturated carbocycles. The van der Waals surface area contributed by atoms with Crippen molar-refractivity contribution in [2.45, 2.75) is 39.3 Å². The number of carbonyl (C=O) groups excluding carboxylic acids is 1. The number of rotatable bonds is 7. The van der Waals surface area contributed by atoms with Crippen LogP contribution in [0.4, 0.5) is 0 Å². The van der Waals surface area contributed by atoms with Gasteiger partial charge in [0.25, 0.3) is 0 Å². The third kappa shape index (κ3) is 3.63. The van der Waals surface area contributed by atoms with Gasteiger partial charge in [0.2, 0.25) is 5.91 Å². The maximum Gasteiger partial charge on any atom is 0.246 e. The topological polar surface area (TPSA) is 73.6 Å². The van der Waals surface area contributed by atoms with Crippen LogP contribution >= 0.6 is 0 Å². The van der Waals surface area contributed by atoms with Gasteiger partial charge in [-0.25, -0.2) is 0 Å². The first-order valence-corrected chi connectivity index (χ1v) is 7.19. The summed E-state index contributed by atoms with van der Waals surface area (Å²) in [6.07, 6.45) is 1.81. The molecule has 2 unspecified atom stereocenters. The van der Waals surface area contributed by atoms with Crippen LogP contribution in [0.5, 0.6) is 0 Å². The van der Waals surface area contributed by atoms with Crippen LogP contribution in [0.3, 0.4) is 0 Å². The molecule has 1 aromatic heterocycles. The van der Waals surface area contributed by atoms with Crippen LogP contribution in [0.1, 0.15) is 31.7 Å². The molecule has 1 aliphatic rings. The van der Waals surface area contributed by atoms with Gasteiger partial charge in [-0.05, 0) is 24.2 Å². The Kier molecular flexibility index (Phi) is 5.00. The van der Waals surface area contributed by atoms with Crippen molar-refractivity contribution in [1.29, 1.82) is 0 Å². The summed E-state index contributed by atoms with van der Waals surface area (Å²) in [6, 6.07) is 2.13. The van der Waals surface area contributed by atoms with E-state index in [1.165, 1.54) is 7.11 Å². The number of nitrogens with zero attached hydrogens (tertiary/aromatic N) is 1. The van der Waals surface area contributed by atoms with Crippen molar-refractivity contribution in [2.24, 2.45) is 11.3 Å². The number of hydrogen-bond acceptors (Lipinski definition) is 5. The Labute approximate surface area is 125 Å². The van der Waals surface area contributed by atoms with Crippen LogP contribution in [0.25, 0.3) is 0 Å². The molecule has 1 N–H and O–H groups in total. The molecule has 2 rings (SSSR count). The van der Waals surface area contributed by atoms with E-state index in [0.717, 1.165) is 24.3 Å². The molecule has 1 heterocycles. The summed E-state index contributed by atoms with van der Waals surface area (Å²) in [4.78, 5) is 11.6. The lowest BCUT2D eigenvalue weighted by Crippen LogP contribution is -2.59. The van der Waals surface area contributed by atoms with Gasteiger partial charge in [-0.1, -0.05) is 19.0 Å². The van der Waals surface area contributed by atoms with E-state index in [4.69, 9.17) is 14.0 Å². The highest BCUT2D eigenvalue weighted by atomic mass is 16.5. The maximum absolute atomic E-state index is 11.6. The van der Waals surface area contributed by atoms with Gasteiger partial charge in [-0.3, -0.25) is 4.79 Å². The van der Waals surface area contributed by atoms with E-state index in [-0.39, 0.29) is 24.0 Å². The van der Waals surface area contributed by atoms with Crippen LogP contribution in [-0.4, -0.2) is 37.9 Å². The van der Waals surface area contributed by atoms with Gasteiger partial charge in [-0.15, -0.1) is 0 Å². The first-order chi connectivity index (χ1) is 9.97. The van der Waals surface area contributed by atoms with Crippen molar-refractivity contribution >= 4 is 5.91 Å². The van der Waals surface area contributed by atoms with Crippen molar-refractivity contribution in [2.75, 3.05) is 20.8 Å². The molecule has 21 heavy (non-hydrogen) atoms. The van der Waals surface area contributed by atoms with Crippen molar-refractivity contribution < 1.29 is 18.8 Å². The van der Waals surface area contributed by atoms with Crippen molar-refractivity contribution in [3.8, 4) is 0 Å². The van der Waals surface area contributed by atoms with Gasteiger partial charge >= 0.3 is 0 Å². The average Bonchev–Trinajstić information content (AvgIpc) is 2.86. The Bertz CT molecular complexity index is 484. The molecule has 0 saturated heterocycles. The Balaban J connectivity index is 1.87. The Morgan fingerprint density at radius 3 is 2.86 bits per heavy atom. The highest BCUT2D eigenvalue weighted by molar-refractivity contribution is 5.77. The van der Waals surface area contributed by atoms with Crippen molar-refractivity contribution in [1.82, 2.24) is 10.5 Å². The number of methoxy groups -OCH3 is 2. The van der Waals surface area contributed by atoms with Gasteiger partial charge in [0.05, 0.1) is 5.69 Å². The van der Waals surface area contributed by atoms with E-state index in [2.05, 4.69) is 24.3 Å². The SMILES string of the molecule is COCC(=O)NC1CC(Cc2cc(COC)on2)C1(C)C. The monoisotopic (exact) mass is 296 g/mol. The summed E-state index contributed by atoms with van der Waals surface area (Å²) in [6.45, 7) is 4.90. The molecule has 2 atom stereocenters.